The molecular weight excluding hydrogens is 623 g/mol. The monoisotopic (exact) mass is 672 g/mol. The van der Waals surface area contributed by atoms with Gasteiger partial charge >= 0.3 is 7.12 Å². The van der Waals surface area contributed by atoms with E-state index in [0.29, 0.717) is 30.5 Å². The number of likely N-dealkylation sites (tertiary alicyclic amines) is 1. The molecule has 3 fully saturated rings. The van der Waals surface area contributed by atoms with Crippen molar-refractivity contribution in [3.8, 4) is 0 Å². The van der Waals surface area contributed by atoms with E-state index < -0.39 is 42.2 Å². The fraction of sp³-hybridized carbons (Fsp3) is 0.583. The molecule has 1 aliphatic heterocycles. The Balaban J connectivity index is 1.31. The first-order valence-electron chi connectivity index (χ1n) is 17.9. The number of nitrogens with one attached hydrogen (secondary N) is 2. The zero-order valence-electron chi connectivity index (χ0n) is 28.6. The van der Waals surface area contributed by atoms with E-state index in [9.17, 15) is 29.5 Å². The van der Waals surface area contributed by atoms with E-state index in [-0.39, 0.29) is 30.7 Å². The van der Waals surface area contributed by atoms with Crippen molar-refractivity contribution in [2.45, 2.75) is 120 Å². The number of hydrogen-bond donors (Lipinski definition) is 5. The molecule has 0 bridgehead atoms. The highest BCUT2D eigenvalue weighted by molar-refractivity contribution is 6.46. The van der Waals surface area contributed by atoms with Crippen molar-refractivity contribution in [2.24, 2.45) is 5.92 Å². The van der Waals surface area contributed by atoms with Crippen molar-refractivity contribution in [1.82, 2.24) is 30.5 Å². The average Bonchev–Trinajstić information content (AvgIpc) is 3.77. The Bertz CT molecular complexity index is 1640. The molecule has 0 spiro atoms. The Morgan fingerprint density at radius 3 is 2.39 bits per heavy atom. The van der Waals surface area contributed by atoms with Crippen LogP contribution in [0.2, 0.25) is 0 Å². The van der Waals surface area contributed by atoms with Crippen molar-refractivity contribution in [2.75, 3.05) is 6.54 Å². The minimum absolute atomic E-state index is 0.102. The normalized spacial score (nSPS) is 22.1. The van der Waals surface area contributed by atoms with Crippen molar-refractivity contribution < 1.29 is 29.5 Å². The first-order valence-corrected chi connectivity index (χ1v) is 17.9. The largest absolute Gasteiger partial charge is 0.478 e. The molecule has 3 atom stereocenters. The van der Waals surface area contributed by atoms with Crippen molar-refractivity contribution in [3.05, 3.63) is 59.9 Å². The Hall–Kier alpha value is -3.81. The second-order valence-corrected chi connectivity index (χ2v) is 14.9. The second kappa shape index (κ2) is 14.6. The van der Waals surface area contributed by atoms with Gasteiger partial charge in [0.05, 0.1) is 23.4 Å². The van der Waals surface area contributed by atoms with Gasteiger partial charge < -0.3 is 30.7 Å². The molecular formula is C36H49BN6O6. The van der Waals surface area contributed by atoms with Crippen LogP contribution in [-0.4, -0.2) is 84.0 Å². The predicted octanol–water partition coefficient (Wildman–Crippen LogP) is 3.40. The number of carbonyl (C=O) groups excluding carboxylic acids is 3. The molecule has 1 saturated heterocycles. The van der Waals surface area contributed by atoms with Gasteiger partial charge in [0.1, 0.15) is 17.7 Å². The van der Waals surface area contributed by atoms with E-state index in [1.54, 1.807) is 24.6 Å². The van der Waals surface area contributed by atoms with Crippen molar-refractivity contribution in [3.63, 3.8) is 0 Å². The van der Waals surface area contributed by atoms with Gasteiger partial charge in [-0.2, -0.15) is 0 Å². The number of nitrogens with zero attached hydrogens (tertiary/aromatic N) is 4. The van der Waals surface area contributed by atoms with Crippen LogP contribution in [0.3, 0.4) is 0 Å². The van der Waals surface area contributed by atoms with E-state index in [1.807, 2.05) is 36.4 Å². The topological polar surface area (TPSA) is 170 Å². The maximum atomic E-state index is 14.8. The first kappa shape index (κ1) is 35.0. The van der Waals surface area contributed by atoms with Gasteiger partial charge in [0.15, 0.2) is 0 Å². The third kappa shape index (κ3) is 7.68. The lowest BCUT2D eigenvalue weighted by atomic mass is 9.58. The summed E-state index contributed by atoms with van der Waals surface area (Å²) in [6, 6.07) is 10.9. The maximum absolute atomic E-state index is 14.8. The van der Waals surface area contributed by atoms with Gasteiger partial charge in [-0.1, -0.05) is 86.9 Å². The smallest absolute Gasteiger partial charge is 0.426 e. The van der Waals surface area contributed by atoms with E-state index in [0.717, 1.165) is 62.1 Å². The Morgan fingerprint density at radius 1 is 1.00 bits per heavy atom. The Kier molecular flexibility index (Phi) is 10.4. The summed E-state index contributed by atoms with van der Waals surface area (Å²) in [6.07, 6.45) is 10.6. The zero-order valence-corrected chi connectivity index (χ0v) is 28.6. The van der Waals surface area contributed by atoms with E-state index in [1.165, 1.54) is 11.1 Å². The van der Waals surface area contributed by atoms with Crippen LogP contribution < -0.4 is 10.6 Å². The number of hydrogen-bond acceptors (Lipinski definition) is 8. The van der Waals surface area contributed by atoms with Crippen LogP contribution in [0.15, 0.2) is 48.7 Å². The summed E-state index contributed by atoms with van der Waals surface area (Å²) in [4.78, 5) is 44.3. The molecule has 6 rings (SSSR count). The molecule has 2 aromatic carbocycles. The van der Waals surface area contributed by atoms with Crippen LogP contribution in [0.4, 0.5) is 0 Å². The highest BCUT2D eigenvalue weighted by Gasteiger charge is 2.49. The number of fused-ring (bicyclic) bond motifs is 1. The summed E-state index contributed by atoms with van der Waals surface area (Å²) in [6.45, 7) is 3.36. The number of benzene rings is 2. The molecule has 5 N–H and O–H groups in total. The minimum atomic E-state index is -1.75. The lowest BCUT2D eigenvalue weighted by molar-refractivity contribution is -0.141. The third-order valence-electron chi connectivity index (χ3n) is 10.9. The molecule has 49 heavy (non-hydrogen) atoms. The lowest BCUT2D eigenvalue weighted by Gasteiger charge is -2.39. The van der Waals surface area contributed by atoms with E-state index >= 15 is 0 Å². The summed E-state index contributed by atoms with van der Waals surface area (Å²) in [5, 5.41) is 47.9. The molecule has 12 nitrogen and oxygen atoms in total. The number of amides is 3. The molecule has 2 saturated carbocycles. The number of aliphatic hydroxyl groups is 1. The van der Waals surface area contributed by atoms with Crippen LogP contribution in [0.1, 0.15) is 113 Å². The van der Waals surface area contributed by atoms with Gasteiger partial charge in [-0.25, -0.2) is 4.68 Å². The minimum Gasteiger partial charge on any atom is -0.426 e. The molecule has 262 valence electrons. The summed E-state index contributed by atoms with van der Waals surface area (Å²) in [7, 11) is -1.75. The molecule has 3 aliphatic rings. The van der Waals surface area contributed by atoms with Gasteiger partial charge in [0, 0.05) is 18.5 Å². The third-order valence-corrected chi connectivity index (χ3v) is 10.9. The summed E-state index contributed by atoms with van der Waals surface area (Å²) < 4.78 is 1.58. The Labute approximate surface area is 287 Å². The molecule has 0 unspecified atom stereocenters. The van der Waals surface area contributed by atoms with Crippen LogP contribution in [0.5, 0.6) is 0 Å². The van der Waals surface area contributed by atoms with Gasteiger partial charge in [-0.05, 0) is 61.9 Å². The summed E-state index contributed by atoms with van der Waals surface area (Å²) >= 11 is 0. The fourth-order valence-corrected chi connectivity index (χ4v) is 8.14. The first-order chi connectivity index (χ1) is 23.4. The van der Waals surface area contributed by atoms with Crippen LogP contribution in [0, 0.1) is 5.92 Å². The molecule has 0 radical (unpaired) electrons. The standard InChI is InChI=1S/C36H49BN6O6/c1-35(2,47)31-22-38-41-43(31)28-21-30(33(45)40-36(37(48)49)17-9-4-10-18-36)42(23-28)34(46)29(19-24-11-5-3-6-12-24)39-32(44)27-16-15-25-13-7-8-14-26(25)20-27/h7-8,13-16,20,22,24,28-30,47-49H,3-6,9-12,17-19,21,23H2,1-2H3,(H,39,44)(H,40,45)/t28-,29+,30-/m0/s1. The van der Waals surface area contributed by atoms with Crippen LogP contribution in [0.25, 0.3) is 10.8 Å². The van der Waals surface area contributed by atoms with Gasteiger partial charge in [-0.15, -0.1) is 5.10 Å². The number of carbonyl (C=O) groups is 3. The number of rotatable bonds is 10. The summed E-state index contributed by atoms with van der Waals surface area (Å²) in [5.74, 6) is -0.957. The highest BCUT2D eigenvalue weighted by Crippen LogP contribution is 2.35. The molecule has 1 aromatic heterocycles. The summed E-state index contributed by atoms with van der Waals surface area (Å²) in [5.41, 5.74) is -1.59. The van der Waals surface area contributed by atoms with Gasteiger partial charge in [-0.3, -0.25) is 14.4 Å². The number of aromatic nitrogens is 3. The molecule has 3 amide bonds. The molecule has 2 heterocycles. The van der Waals surface area contributed by atoms with Crippen molar-refractivity contribution in [1.29, 1.82) is 0 Å². The average molecular weight is 673 g/mol. The molecule has 13 heteroatoms. The SMILES string of the molecule is CC(C)(O)c1cnnn1[C@H]1C[C@@H](C(=O)NC2(B(O)O)CCCCC2)N(C(=O)[C@@H](CC2CCCCC2)NC(=O)c2ccc3ccccc3c2)C1. The molecule has 3 aromatic rings. The van der Waals surface area contributed by atoms with Crippen LogP contribution >= 0.6 is 0 Å². The van der Waals surface area contributed by atoms with E-state index in [4.69, 9.17) is 0 Å². The van der Waals surface area contributed by atoms with E-state index in [2.05, 4.69) is 20.9 Å². The second-order valence-electron chi connectivity index (χ2n) is 14.9. The maximum Gasteiger partial charge on any atom is 0.478 e. The van der Waals surface area contributed by atoms with Gasteiger partial charge in [0.2, 0.25) is 11.8 Å². The zero-order chi connectivity index (χ0) is 34.8. The van der Waals surface area contributed by atoms with Crippen LogP contribution in [-0.2, 0) is 15.2 Å². The fourth-order valence-electron chi connectivity index (χ4n) is 8.14. The lowest BCUT2D eigenvalue weighted by Crippen LogP contribution is -2.64. The van der Waals surface area contributed by atoms with Gasteiger partial charge in [0.25, 0.3) is 5.91 Å². The van der Waals surface area contributed by atoms with Crippen molar-refractivity contribution >= 4 is 35.6 Å². The Morgan fingerprint density at radius 2 is 1.69 bits per heavy atom. The molecule has 2 aliphatic carbocycles. The highest BCUT2D eigenvalue weighted by atomic mass is 16.4. The predicted molar refractivity (Wildman–Crippen MR) is 185 cm³/mol. The quantitative estimate of drug-likeness (QED) is 0.204.